The number of fused-ring (bicyclic) bond motifs is 5. The normalized spacial score (nSPS) is 23.3. The molecule has 6 heteroatoms. The van der Waals surface area contributed by atoms with Gasteiger partial charge in [-0.1, -0.05) is 24.3 Å². The molecule has 0 radical (unpaired) electrons. The number of para-hydroxylation sites is 2. The van der Waals surface area contributed by atoms with Crippen LogP contribution in [0.4, 0.5) is 5.69 Å². The Bertz CT molecular complexity index is 1280. The second-order valence-corrected chi connectivity index (χ2v) is 8.74. The zero-order valence-corrected chi connectivity index (χ0v) is 17.0. The molecule has 2 aromatic carbocycles. The van der Waals surface area contributed by atoms with Gasteiger partial charge in [-0.15, -0.1) is 0 Å². The first-order valence-corrected chi connectivity index (χ1v) is 10.8. The van der Waals surface area contributed by atoms with Crippen LogP contribution in [0.25, 0.3) is 33.3 Å². The van der Waals surface area contributed by atoms with Gasteiger partial charge < -0.3 is 20.2 Å². The summed E-state index contributed by atoms with van der Waals surface area (Å²) in [6.07, 6.45) is 2.44. The fourth-order valence-corrected chi connectivity index (χ4v) is 5.17. The summed E-state index contributed by atoms with van der Waals surface area (Å²) in [5, 5.41) is 4.84. The van der Waals surface area contributed by atoms with Crippen molar-refractivity contribution in [3.63, 3.8) is 0 Å². The Morgan fingerprint density at radius 2 is 1.90 bits per heavy atom. The summed E-state index contributed by atoms with van der Waals surface area (Å²) in [6, 6.07) is 14.5. The van der Waals surface area contributed by atoms with Crippen LogP contribution in [0, 0.1) is 12.8 Å². The quantitative estimate of drug-likeness (QED) is 0.489. The van der Waals surface area contributed by atoms with Gasteiger partial charge in [-0.05, 0) is 62.5 Å². The molecule has 3 aliphatic heterocycles. The Morgan fingerprint density at radius 1 is 1.07 bits per heavy atom. The number of aromatic nitrogens is 3. The highest BCUT2D eigenvalue weighted by atomic mass is 16.1. The van der Waals surface area contributed by atoms with Crippen molar-refractivity contribution >= 4 is 27.6 Å². The number of hydrogen-bond acceptors (Lipinski definition) is 4. The van der Waals surface area contributed by atoms with Gasteiger partial charge in [-0.2, -0.15) is 0 Å². The molecule has 30 heavy (non-hydrogen) atoms. The van der Waals surface area contributed by atoms with E-state index in [9.17, 15) is 4.79 Å². The van der Waals surface area contributed by atoms with E-state index in [0.29, 0.717) is 23.3 Å². The number of anilines is 1. The first kappa shape index (κ1) is 17.7. The summed E-state index contributed by atoms with van der Waals surface area (Å²) in [5.41, 5.74) is 5.17. The molecule has 0 spiro atoms. The summed E-state index contributed by atoms with van der Waals surface area (Å²) in [6.45, 7) is 5.46. The maximum Gasteiger partial charge on any atom is 0.261 e. The fourth-order valence-electron chi connectivity index (χ4n) is 5.17. The van der Waals surface area contributed by atoms with E-state index in [1.165, 1.54) is 25.9 Å². The van der Waals surface area contributed by atoms with Crippen molar-refractivity contribution in [3.05, 3.63) is 58.4 Å². The molecule has 3 saturated heterocycles. The van der Waals surface area contributed by atoms with Gasteiger partial charge >= 0.3 is 0 Å². The molecule has 5 heterocycles. The molecular weight excluding hydrogens is 374 g/mol. The Labute approximate surface area is 174 Å². The number of piperidine rings is 3. The molecule has 3 aliphatic rings. The van der Waals surface area contributed by atoms with Gasteiger partial charge in [-0.25, -0.2) is 4.98 Å². The van der Waals surface area contributed by atoms with Gasteiger partial charge in [0.1, 0.15) is 11.4 Å². The van der Waals surface area contributed by atoms with Crippen molar-refractivity contribution in [2.75, 3.05) is 25.0 Å². The predicted octanol–water partition coefficient (Wildman–Crippen LogP) is 3.89. The SMILES string of the molecule is Cc1ccc2c(N[C@H]3CN4CCC3CC4)c(-c3nc4ccccc4[nH]3)c(=O)[nH]c2c1. The minimum Gasteiger partial charge on any atom is -0.379 e. The van der Waals surface area contributed by atoms with Gasteiger partial charge in [0.2, 0.25) is 0 Å². The maximum atomic E-state index is 13.3. The second-order valence-electron chi connectivity index (χ2n) is 8.74. The summed E-state index contributed by atoms with van der Waals surface area (Å²) < 4.78 is 0. The van der Waals surface area contributed by atoms with E-state index in [1.54, 1.807) is 0 Å². The van der Waals surface area contributed by atoms with Crippen molar-refractivity contribution in [1.82, 2.24) is 19.9 Å². The molecule has 1 atom stereocenters. The van der Waals surface area contributed by atoms with Crippen LogP contribution in [-0.4, -0.2) is 45.5 Å². The second kappa shape index (κ2) is 6.71. The average molecular weight is 399 g/mol. The molecule has 0 aliphatic carbocycles. The van der Waals surface area contributed by atoms with E-state index in [4.69, 9.17) is 4.98 Å². The predicted molar refractivity (Wildman–Crippen MR) is 121 cm³/mol. The molecule has 2 aromatic heterocycles. The smallest absolute Gasteiger partial charge is 0.261 e. The largest absolute Gasteiger partial charge is 0.379 e. The minimum absolute atomic E-state index is 0.115. The third-order valence-electron chi connectivity index (χ3n) is 6.78. The van der Waals surface area contributed by atoms with Crippen molar-refractivity contribution < 1.29 is 0 Å². The Balaban J connectivity index is 1.56. The Hall–Kier alpha value is -3.12. The van der Waals surface area contributed by atoms with Crippen molar-refractivity contribution in [1.29, 1.82) is 0 Å². The first-order chi connectivity index (χ1) is 14.7. The monoisotopic (exact) mass is 399 g/mol. The Morgan fingerprint density at radius 3 is 2.67 bits per heavy atom. The van der Waals surface area contributed by atoms with Gasteiger partial charge in [-0.3, -0.25) is 4.79 Å². The lowest BCUT2D eigenvalue weighted by molar-refractivity contribution is 0.0976. The van der Waals surface area contributed by atoms with Crippen LogP contribution in [0.15, 0.2) is 47.3 Å². The number of hydrogen-bond donors (Lipinski definition) is 3. The molecule has 0 amide bonds. The lowest BCUT2D eigenvalue weighted by Gasteiger charge is -2.45. The number of H-pyrrole nitrogens is 2. The molecule has 3 fully saturated rings. The van der Waals surface area contributed by atoms with Crippen LogP contribution < -0.4 is 10.9 Å². The first-order valence-electron chi connectivity index (χ1n) is 10.8. The summed E-state index contributed by atoms with van der Waals surface area (Å²) in [4.78, 5) is 27.0. The molecule has 2 bridgehead atoms. The van der Waals surface area contributed by atoms with E-state index >= 15 is 0 Å². The number of aromatic amines is 2. The van der Waals surface area contributed by atoms with Crippen LogP contribution >= 0.6 is 0 Å². The summed E-state index contributed by atoms with van der Waals surface area (Å²) >= 11 is 0. The van der Waals surface area contributed by atoms with Crippen molar-refractivity contribution in [2.24, 2.45) is 5.92 Å². The Kier molecular flexibility index (Phi) is 3.96. The highest BCUT2D eigenvalue weighted by molar-refractivity contribution is 5.99. The molecule has 3 N–H and O–H groups in total. The lowest BCUT2D eigenvalue weighted by atomic mass is 9.83. The van der Waals surface area contributed by atoms with Gasteiger partial charge in [0, 0.05) is 18.0 Å². The van der Waals surface area contributed by atoms with Crippen LogP contribution in [0.5, 0.6) is 0 Å². The lowest BCUT2D eigenvalue weighted by Crippen LogP contribution is -2.53. The van der Waals surface area contributed by atoms with Gasteiger partial charge in [0.15, 0.2) is 0 Å². The van der Waals surface area contributed by atoms with Gasteiger partial charge in [0.05, 0.1) is 22.2 Å². The minimum atomic E-state index is -0.115. The number of imidazole rings is 1. The maximum absolute atomic E-state index is 13.3. The highest BCUT2D eigenvalue weighted by Crippen LogP contribution is 2.35. The number of pyridine rings is 1. The molecule has 0 unspecified atom stereocenters. The van der Waals surface area contributed by atoms with Crippen LogP contribution in [-0.2, 0) is 0 Å². The average Bonchev–Trinajstić information content (AvgIpc) is 3.18. The van der Waals surface area contributed by atoms with E-state index in [-0.39, 0.29) is 5.56 Å². The molecule has 152 valence electrons. The standard InChI is InChI=1S/C24H25N5O/c1-14-6-7-16-19(12-14)28-24(30)21(23-26-17-4-2-3-5-18(17)27-23)22(16)25-20-13-29-10-8-15(20)9-11-29/h2-7,12,15,20H,8-11,13H2,1H3,(H,26,27)(H2,25,28,30)/t20-/m0/s1. The number of aryl methyl sites for hydroxylation is 1. The molecular formula is C24H25N5O. The molecule has 7 rings (SSSR count). The number of benzene rings is 2. The van der Waals surface area contributed by atoms with Crippen molar-refractivity contribution in [2.45, 2.75) is 25.8 Å². The zero-order chi connectivity index (χ0) is 20.2. The van der Waals surface area contributed by atoms with E-state index in [1.807, 2.05) is 37.3 Å². The third-order valence-corrected chi connectivity index (χ3v) is 6.78. The summed E-state index contributed by atoms with van der Waals surface area (Å²) in [5.74, 6) is 1.27. The van der Waals surface area contributed by atoms with Crippen LogP contribution in [0.3, 0.4) is 0 Å². The van der Waals surface area contributed by atoms with Crippen LogP contribution in [0.2, 0.25) is 0 Å². The topological polar surface area (TPSA) is 76.8 Å². The number of nitrogens with one attached hydrogen (secondary N) is 3. The van der Waals surface area contributed by atoms with E-state index in [0.717, 1.165) is 39.7 Å². The molecule has 4 aromatic rings. The number of rotatable bonds is 3. The van der Waals surface area contributed by atoms with Gasteiger partial charge in [0.25, 0.3) is 5.56 Å². The van der Waals surface area contributed by atoms with E-state index in [2.05, 4.69) is 32.3 Å². The van der Waals surface area contributed by atoms with E-state index < -0.39 is 0 Å². The highest BCUT2D eigenvalue weighted by Gasteiger charge is 2.35. The van der Waals surface area contributed by atoms with Crippen molar-refractivity contribution in [3.8, 4) is 11.4 Å². The zero-order valence-electron chi connectivity index (χ0n) is 17.0. The van der Waals surface area contributed by atoms with Crippen LogP contribution in [0.1, 0.15) is 18.4 Å². The fraction of sp³-hybridized carbons (Fsp3) is 0.333. The molecule has 6 nitrogen and oxygen atoms in total. The third kappa shape index (κ3) is 2.82. The number of nitrogens with zero attached hydrogens (tertiary/aromatic N) is 2. The molecule has 0 saturated carbocycles. The summed E-state index contributed by atoms with van der Waals surface area (Å²) in [7, 11) is 0.